The second-order valence-corrected chi connectivity index (χ2v) is 5.66. The van der Waals surface area contributed by atoms with Gasteiger partial charge < -0.3 is 11.1 Å². The quantitative estimate of drug-likeness (QED) is 0.809. The Bertz CT molecular complexity index is 591. The maximum absolute atomic E-state index is 12.2. The Morgan fingerprint density at radius 3 is 2.71 bits per heavy atom. The molecule has 5 heteroatoms. The predicted molar refractivity (Wildman–Crippen MR) is 82.6 cm³/mol. The number of nitrogens with zero attached hydrogens (tertiary/aromatic N) is 1. The molecule has 1 aromatic heterocycles. The number of aromatic nitrogens is 2. The topological polar surface area (TPSA) is 83.8 Å². The van der Waals surface area contributed by atoms with Crippen LogP contribution in [0.4, 0.5) is 5.69 Å². The summed E-state index contributed by atoms with van der Waals surface area (Å²) < 4.78 is 0. The molecule has 0 aliphatic heterocycles. The highest BCUT2D eigenvalue weighted by molar-refractivity contribution is 5.92. The van der Waals surface area contributed by atoms with Crippen LogP contribution in [0.25, 0.3) is 11.3 Å². The normalized spacial score (nSPS) is 22.0. The minimum atomic E-state index is 0.0426. The highest BCUT2D eigenvalue weighted by atomic mass is 16.1. The molecule has 1 amide bonds. The Morgan fingerprint density at radius 2 is 2.05 bits per heavy atom. The van der Waals surface area contributed by atoms with Crippen LogP contribution in [-0.4, -0.2) is 22.1 Å². The van der Waals surface area contributed by atoms with Crippen LogP contribution in [0.5, 0.6) is 0 Å². The van der Waals surface area contributed by atoms with Crippen LogP contribution < -0.4 is 11.1 Å². The molecule has 4 N–H and O–H groups in total. The van der Waals surface area contributed by atoms with E-state index in [2.05, 4.69) is 15.5 Å². The lowest BCUT2D eigenvalue weighted by molar-refractivity contribution is -0.120. The van der Waals surface area contributed by atoms with Crippen molar-refractivity contribution in [2.24, 2.45) is 11.7 Å². The van der Waals surface area contributed by atoms with Gasteiger partial charge in [0.2, 0.25) is 5.91 Å². The van der Waals surface area contributed by atoms with Gasteiger partial charge in [-0.1, -0.05) is 18.6 Å². The largest absolute Gasteiger partial charge is 0.328 e. The Kier molecular flexibility index (Phi) is 4.01. The Hall–Kier alpha value is -2.14. The van der Waals surface area contributed by atoms with Gasteiger partial charge in [0.1, 0.15) is 0 Å². The first-order chi connectivity index (χ1) is 10.2. The monoisotopic (exact) mass is 284 g/mol. The lowest BCUT2D eigenvalue weighted by Gasteiger charge is -2.25. The van der Waals surface area contributed by atoms with Gasteiger partial charge in [0.25, 0.3) is 0 Å². The third-order valence-electron chi connectivity index (χ3n) is 4.05. The molecule has 2 unspecified atom stereocenters. The van der Waals surface area contributed by atoms with Crippen molar-refractivity contribution in [2.45, 2.75) is 31.7 Å². The molecule has 1 aliphatic rings. The summed E-state index contributed by atoms with van der Waals surface area (Å²) in [5.41, 5.74) is 8.77. The number of anilines is 1. The van der Waals surface area contributed by atoms with Gasteiger partial charge >= 0.3 is 0 Å². The van der Waals surface area contributed by atoms with E-state index in [0.717, 1.165) is 42.6 Å². The molecule has 1 aliphatic carbocycles. The van der Waals surface area contributed by atoms with Crippen LogP contribution in [-0.2, 0) is 4.79 Å². The van der Waals surface area contributed by atoms with Gasteiger partial charge in [0, 0.05) is 23.8 Å². The molecular weight excluding hydrogens is 264 g/mol. The third kappa shape index (κ3) is 3.31. The molecule has 110 valence electrons. The van der Waals surface area contributed by atoms with E-state index in [-0.39, 0.29) is 17.9 Å². The van der Waals surface area contributed by atoms with Crippen molar-refractivity contribution in [3.63, 3.8) is 0 Å². The van der Waals surface area contributed by atoms with Gasteiger partial charge in [-0.2, -0.15) is 5.10 Å². The number of carbonyl (C=O) groups excluding carboxylic acids is 1. The van der Waals surface area contributed by atoms with E-state index < -0.39 is 0 Å². The van der Waals surface area contributed by atoms with Crippen LogP contribution in [0.1, 0.15) is 25.7 Å². The molecule has 3 rings (SSSR count). The van der Waals surface area contributed by atoms with Gasteiger partial charge in [0.15, 0.2) is 0 Å². The highest BCUT2D eigenvalue weighted by Gasteiger charge is 2.25. The van der Waals surface area contributed by atoms with E-state index in [1.165, 1.54) is 0 Å². The minimum absolute atomic E-state index is 0.0426. The number of hydrogen-bond donors (Lipinski definition) is 3. The number of nitrogens with two attached hydrogens (primary N) is 1. The van der Waals surface area contributed by atoms with Crippen molar-refractivity contribution < 1.29 is 4.79 Å². The fourth-order valence-electron chi connectivity index (χ4n) is 2.86. The van der Waals surface area contributed by atoms with Crippen LogP contribution in [0.15, 0.2) is 36.5 Å². The fraction of sp³-hybridized carbons (Fsp3) is 0.375. The summed E-state index contributed by atoms with van der Waals surface area (Å²) in [6, 6.07) is 9.84. The lowest BCUT2D eigenvalue weighted by Crippen LogP contribution is -2.34. The summed E-state index contributed by atoms with van der Waals surface area (Å²) >= 11 is 0. The first-order valence-electron chi connectivity index (χ1n) is 7.38. The standard InChI is InChI=1S/C16H20N4O/c17-13-3-1-2-12(10-13)16(21)19-14-6-4-11(5-7-14)15-8-9-18-20-15/h4-9,12-13H,1-3,10,17H2,(H,18,20)(H,19,21). The summed E-state index contributed by atoms with van der Waals surface area (Å²) in [6.07, 6.45) is 5.52. The highest BCUT2D eigenvalue weighted by Crippen LogP contribution is 2.25. The zero-order valence-corrected chi connectivity index (χ0v) is 11.9. The van der Waals surface area contributed by atoms with E-state index in [1.54, 1.807) is 6.20 Å². The smallest absolute Gasteiger partial charge is 0.227 e. The van der Waals surface area contributed by atoms with Gasteiger partial charge in [-0.3, -0.25) is 9.89 Å². The van der Waals surface area contributed by atoms with Gasteiger partial charge in [-0.25, -0.2) is 0 Å². The Morgan fingerprint density at radius 1 is 1.24 bits per heavy atom. The van der Waals surface area contributed by atoms with Crippen molar-refractivity contribution in [2.75, 3.05) is 5.32 Å². The SMILES string of the molecule is NC1CCCC(C(=O)Nc2ccc(-c3ccn[nH]3)cc2)C1. The molecule has 1 fully saturated rings. The van der Waals surface area contributed by atoms with Crippen LogP contribution in [0.2, 0.25) is 0 Å². The Balaban J connectivity index is 1.63. The fourth-order valence-corrected chi connectivity index (χ4v) is 2.86. The first-order valence-corrected chi connectivity index (χ1v) is 7.38. The number of H-pyrrole nitrogens is 1. The zero-order chi connectivity index (χ0) is 14.7. The summed E-state index contributed by atoms with van der Waals surface area (Å²) in [6.45, 7) is 0. The molecule has 0 spiro atoms. The molecule has 0 radical (unpaired) electrons. The maximum atomic E-state index is 12.2. The second kappa shape index (κ2) is 6.10. The summed E-state index contributed by atoms with van der Waals surface area (Å²) in [5.74, 6) is 0.125. The van der Waals surface area contributed by atoms with Gasteiger partial charge in [-0.05, 0) is 43.0 Å². The van der Waals surface area contributed by atoms with E-state index in [4.69, 9.17) is 5.73 Å². The minimum Gasteiger partial charge on any atom is -0.328 e. The van der Waals surface area contributed by atoms with Gasteiger partial charge in [-0.15, -0.1) is 0 Å². The molecule has 2 aromatic rings. The summed E-state index contributed by atoms with van der Waals surface area (Å²) in [5, 5.41) is 9.83. The summed E-state index contributed by atoms with van der Waals surface area (Å²) in [7, 11) is 0. The molecular formula is C16H20N4O. The molecule has 21 heavy (non-hydrogen) atoms. The Labute approximate surface area is 123 Å². The van der Waals surface area contributed by atoms with E-state index in [0.29, 0.717) is 0 Å². The number of nitrogens with one attached hydrogen (secondary N) is 2. The molecule has 0 bridgehead atoms. The van der Waals surface area contributed by atoms with Crippen molar-refractivity contribution in [1.82, 2.24) is 10.2 Å². The maximum Gasteiger partial charge on any atom is 0.227 e. The molecule has 1 aromatic carbocycles. The molecule has 1 heterocycles. The van der Waals surface area contributed by atoms with Crippen molar-refractivity contribution in [1.29, 1.82) is 0 Å². The number of hydrogen-bond acceptors (Lipinski definition) is 3. The molecule has 1 saturated carbocycles. The number of carbonyl (C=O) groups is 1. The van der Waals surface area contributed by atoms with Crippen molar-refractivity contribution in [3.05, 3.63) is 36.5 Å². The van der Waals surface area contributed by atoms with Crippen LogP contribution in [0.3, 0.4) is 0 Å². The van der Waals surface area contributed by atoms with Crippen LogP contribution >= 0.6 is 0 Å². The number of aromatic amines is 1. The summed E-state index contributed by atoms with van der Waals surface area (Å²) in [4.78, 5) is 12.2. The second-order valence-electron chi connectivity index (χ2n) is 5.66. The van der Waals surface area contributed by atoms with Crippen molar-refractivity contribution >= 4 is 11.6 Å². The van der Waals surface area contributed by atoms with E-state index in [9.17, 15) is 4.79 Å². The van der Waals surface area contributed by atoms with Gasteiger partial charge in [0.05, 0.1) is 5.69 Å². The molecule has 2 atom stereocenters. The van der Waals surface area contributed by atoms with Crippen LogP contribution in [0, 0.1) is 5.92 Å². The number of rotatable bonds is 3. The molecule has 0 saturated heterocycles. The average Bonchev–Trinajstić information content (AvgIpc) is 3.02. The predicted octanol–water partition coefficient (Wildman–Crippen LogP) is 2.53. The third-order valence-corrected chi connectivity index (χ3v) is 4.05. The molecule has 5 nitrogen and oxygen atoms in total. The van der Waals surface area contributed by atoms with E-state index in [1.807, 2.05) is 30.3 Å². The first kappa shape index (κ1) is 13.8. The number of amides is 1. The van der Waals surface area contributed by atoms with Crippen molar-refractivity contribution in [3.8, 4) is 11.3 Å². The van der Waals surface area contributed by atoms with E-state index >= 15 is 0 Å². The number of benzene rings is 1. The lowest BCUT2D eigenvalue weighted by atomic mass is 9.85. The zero-order valence-electron chi connectivity index (χ0n) is 11.9. The average molecular weight is 284 g/mol.